The molecule has 1 aromatic carbocycles. The van der Waals surface area contributed by atoms with Crippen LogP contribution < -0.4 is 5.32 Å². The molecule has 0 saturated carbocycles. The normalized spacial score (nSPS) is 23.7. The van der Waals surface area contributed by atoms with Crippen molar-refractivity contribution in [2.45, 2.75) is 32.0 Å². The molecule has 2 heterocycles. The number of fused-ring (bicyclic) bond motifs is 1. The Labute approximate surface area is 145 Å². The molecule has 2 atom stereocenters. The average Bonchev–Trinajstić information content (AvgIpc) is 2.94. The third-order valence-electron chi connectivity index (χ3n) is 4.65. The number of likely N-dealkylation sites (tertiary alicyclic amines) is 1. The first-order valence-corrected chi connectivity index (χ1v) is 8.23. The van der Waals surface area contributed by atoms with Crippen molar-refractivity contribution < 1.29 is 24.2 Å². The first-order chi connectivity index (χ1) is 11.8. The van der Waals surface area contributed by atoms with E-state index in [1.807, 2.05) is 13.0 Å². The Morgan fingerprint density at radius 2 is 2.16 bits per heavy atom. The molecular weight excluding hydrogens is 324 g/mol. The predicted octanol–water partition coefficient (Wildman–Crippen LogP) is 0.815. The number of hydrogen-bond donors (Lipinski definition) is 3. The molecule has 3 N–H and O–H groups in total. The number of rotatable bonds is 3. The number of furan rings is 1. The molecule has 1 aliphatic heterocycles. The number of piperidine rings is 1. The smallest absolute Gasteiger partial charge is 0.253 e. The van der Waals surface area contributed by atoms with Crippen LogP contribution in [0.5, 0.6) is 0 Å². The third kappa shape index (κ3) is 3.52. The zero-order chi connectivity index (χ0) is 18.2. The number of nitrogens with one attached hydrogen (secondary N) is 1. The van der Waals surface area contributed by atoms with Crippen LogP contribution in [0.2, 0.25) is 0 Å². The number of carbonyl (C=O) groups is 2. The number of benzene rings is 1. The van der Waals surface area contributed by atoms with Gasteiger partial charge in [-0.1, -0.05) is 0 Å². The molecule has 2 amide bonds. The van der Waals surface area contributed by atoms with Gasteiger partial charge in [-0.25, -0.2) is 0 Å². The molecule has 0 bridgehead atoms. The Bertz CT molecular complexity index is 815. The lowest BCUT2D eigenvalue weighted by Gasteiger charge is -2.42. The lowest BCUT2D eigenvalue weighted by atomic mass is 9.88. The second kappa shape index (κ2) is 6.50. The van der Waals surface area contributed by atoms with E-state index in [2.05, 4.69) is 5.32 Å². The Balaban J connectivity index is 1.72. The maximum atomic E-state index is 12.7. The molecule has 1 fully saturated rings. The minimum atomic E-state index is -1.42. The highest BCUT2D eigenvalue weighted by Crippen LogP contribution is 2.25. The second-order valence-corrected chi connectivity index (χ2v) is 6.64. The summed E-state index contributed by atoms with van der Waals surface area (Å²) in [6, 6.07) is 7.07. The molecule has 7 heteroatoms. The van der Waals surface area contributed by atoms with E-state index >= 15 is 0 Å². The first-order valence-electron chi connectivity index (χ1n) is 8.23. The summed E-state index contributed by atoms with van der Waals surface area (Å²) in [5.41, 5.74) is -0.195. The van der Waals surface area contributed by atoms with Crippen molar-refractivity contribution in [2.75, 3.05) is 19.6 Å². The van der Waals surface area contributed by atoms with Gasteiger partial charge in [-0.15, -0.1) is 0 Å². The molecular formula is C18H22N2O5. The summed E-state index contributed by atoms with van der Waals surface area (Å²) in [7, 11) is 0. The largest absolute Gasteiger partial charge is 0.461 e. The van der Waals surface area contributed by atoms with E-state index in [9.17, 15) is 19.8 Å². The lowest BCUT2D eigenvalue weighted by molar-refractivity contribution is -0.127. The van der Waals surface area contributed by atoms with Crippen molar-refractivity contribution >= 4 is 22.8 Å². The number of aliphatic hydroxyl groups is 2. The SMILES string of the molecule is CC(=O)NC[C@]1(O)CCN(C(=O)c2ccc3oc(C)cc3c2)C[C@H]1O. The summed E-state index contributed by atoms with van der Waals surface area (Å²) in [4.78, 5) is 25.2. The molecule has 1 saturated heterocycles. The number of aryl methyl sites for hydroxylation is 1. The van der Waals surface area contributed by atoms with Gasteiger partial charge in [0.15, 0.2) is 0 Å². The van der Waals surface area contributed by atoms with Crippen molar-refractivity contribution in [2.24, 2.45) is 0 Å². The Kier molecular flexibility index (Phi) is 4.53. The summed E-state index contributed by atoms with van der Waals surface area (Å²) >= 11 is 0. The fraction of sp³-hybridized carbons (Fsp3) is 0.444. The van der Waals surface area contributed by atoms with Gasteiger partial charge in [-0.05, 0) is 37.6 Å². The summed E-state index contributed by atoms with van der Waals surface area (Å²) < 4.78 is 5.51. The highest BCUT2D eigenvalue weighted by atomic mass is 16.3. The van der Waals surface area contributed by atoms with Gasteiger partial charge in [0.1, 0.15) is 23.0 Å². The van der Waals surface area contributed by atoms with Crippen LogP contribution in [0.15, 0.2) is 28.7 Å². The number of aliphatic hydroxyl groups excluding tert-OH is 1. The fourth-order valence-corrected chi connectivity index (χ4v) is 3.13. The molecule has 0 radical (unpaired) electrons. The van der Waals surface area contributed by atoms with Gasteiger partial charge in [-0.3, -0.25) is 9.59 Å². The van der Waals surface area contributed by atoms with E-state index in [1.54, 1.807) is 18.2 Å². The number of hydrogen-bond acceptors (Lipinski definition) is 5. The summed E-state index contributed by atoms with van der Waals surface area (Å²) in [6.45, 7) is 3.47. The Hall–Kier alpha value is -2.38. The molecule has 134 valence electrons. The zero-order valence-corrected chi connectivity index (χ0v) is 14.3. The quantitative estimate of drug-likeness (QED) is 0.763. The van der Waals surface area contributed by atoms with E-state index < -0.39 is 11.7 Å². The van der Waals surface area contributed by atoms with Crippen LogP contribution in [0.1, 0.15) is 29.5 Å². The number of β-amino-alcohol motifs (C(OH)–C–C–N with tert-alkyl or cyclic N) is 1. The maximum Gasteiger partial charge on any atom is 0.253 e. The highest BCUT2D eigenvalue weighted by molar-refractivity contribution is 5.98. The fourth-order valence-electron chi connectivity index (χ4n) is 3.13. The van der Waals surface area contributed by atoms with Gasteiger partial charge in [-0.2, -0.15) is 0 Å². The first kappa shape index (κ1) is 17.4. The lowest BCUT2D eigenvalue weighted by Crippen LogP contribution is -2.61. The Morgan fingerprint density at radius 1 is 1.40 bits per heavy atom. The molecule has 1 aromatic heterocycles. The van der Waals surface area contributed by atoms with Crippen molar-refractivity contribution in [1.82, 2.24) is 10.2 Å². The van der Waals surface area contributed by atoms with Gasteiger partial charge in [0.05, 0.1) is 0 Å². The van der Waals surface area contributed by atoms with Crippen molar-refractivity contribution in [3.63, 3.8) is 0 Å². The monoisotopic (exact) mass is 346 g/mol. The standard InChI is InChI=1S/C18H22N2O5/c1-11-7-14-8-13(3-4-15(14)25-11)17(23)20-6-5-18(24,16(22)9-20)10-19-12(2)21/h3-4,7-8,16,22,24H,5-6,9-10H2,1-2H3,(H,19,21)/t16-,18-/m1/s1. The zero-order valence-electron chi connectivity index (χ0n) is 14.3. The number of nitrogens with zero attached hydrogens (tertiary/aromatic N) is 1. The summed E-state index contributed by atoms with van der Waals surface area (Å²) in [6.07, 6.45) is -0.940. The van der Waals surface area contributed by atoms with Crippen molar-refractivity contribution in [3.05, 3.63) is 35.6 Å². The van der Waals surface area contributed by atoms with E-state index in [0.29, 0.717) is 12.1 Å². The minimum Gasteiger partial charge on any atom is -0.461 e. The van der Waals surface area contributed by atoms with Gasteiger partial charge < -0.3 is 24.8 Å². The molecule has 0 spiro atoms. The van der Waals surface area contributed by atoms with E-state index in [1.165, 1.54) is 11.8 Å². The molecule has 7 nitrogen and oxygen atoms in total. The van der Waals surface area contributed by atoms with Crippen LogP contribution in [-0.2, 0) is 4.79 Å². The third-order valence-corrected chi connectivity index (χ3v) is 4.65. The van der Waals surface area contributed by atoms with E-state index in [4.69, 9.17) is 4.42 Å². The van der Waals surface area contributed by atoms with Crippen LogP contribution in [0.3, 0.4) is 0 Å². The number of amides is 2. The Morgan fingerprint density at radius 3 is 2.84 bits per heavy atom. The molecule has 1 aliphatic rings. The van der Waals surface area contributed by atoms with Crippen molar-refractivity contribution in [1.29, 1.82) is 0 Å². The number of carbonyl (C=O) groups excluding carboxylic acids is 2. The van der Waals surface area contributed by atoms with Crippen molar-refractivity contribution in [3.8, 4) is 0 Å². The molecule has 3 rings (SSSR count). The van der Waals surface area contributed by atoms with Crippen LogP contribution in [-0.4, -0.2) is 58.3 Å². The second-order valence-electron chi connectivity index (χ2n) is 6.64. The van der Waals surface area contributed by atoms with E-state index in [-0.39, 0.29) is 31.3 Å². The molecule has 2 aromatic rings. The average molecular weight is 346 g/mol. The maximum absolute atomic E-state index is 12.7. The topological polar surface area (TPSA) is 103 Å². The van der Waals surface area contributed by atoms with Crippen LogP contribution >= 0.6 is 0 Å². The van der Waals surface area contributed by atoms with Gasteiger partial charge >= 0.3 is 0 Å². The van der Waals surface area contributed by atoms with Gasteiger partial charge in [0.2, 0.25) is 5.91 Å². The summed E-state index contributed by atoms with van der Waals surface area (Å²) in [5.74, 6) is 0.292. The van der Waals surface area contributed by atoms with Crippen LogP contribution in [0, 0.1) is 6.92 Å². The summed E-state index contributed by atoms with van der Waals surface area (Å²) in [5, 5.41) is 24.1. The van der Waals surface area contributed by atoms with Crippen LogP contribution in [0.4, 0.5) is 0 Å². The highest BCUT2D eigenvalue weighted by Gasteiger charge is 2.42. The van der Waals surface area contributed by atoms with Gasteiger partial charge in [0, 0.05) is 37.5 Å². The van der Waals surface area contributed by atoms with E-state index in [0.717, 1.165) is 16.7 Å². The van der Waals surface area contributed by atoms with Crippen LogP contribution in [0.25, 0.3) is 11.0 Å². The minimum absolute atomic E-state index is 0.0113. The molecule has 0 aliphatic carbocycles. The van der Waals surface area contributed by atoms with Gasteiger partial charge in [0.25, 0.3) is 5.91 Å². The predicted molar refractivity (Wildman–Crippen MR) is 91.1 cm³/mol. The molecule has 25 heavy (non-hydrogen) atoms. The molecule has 0 unspecified atom stereocenters.